The first-order valence-electron chi connectivity index (χ1n) is 8.14. The fourth-order valence-corrected chi connectivity index (χ4v) is 3.00. The predicted molar refractivity (Wildman–Crippen MR) is 95.9 cm³/mol. The highest BCUT2D eigenvalue weighted by atomic mass is 32.2. The molecule has 0 aliphatic heterocycles. The summed E-state index contributed by atoms with van der Waals surface area (Å²) in [5.74, 6) is 1.26. The van der Waals surface area contributed by atoms with Crippen molar-refractivity contribution in [1.82, 2.24) is 10.2 Å². The van der Waals surface area contributed by atoms with Gasteiger partial charge in [-0.3, -0.25) is 0 Å². The van der Waals surface area contributed by atoms with Crippen LogP contribution in [0.3, 0.4) is 0 Å². The molecule has 0 rings (SSSR count). The molecule has 0 spiro atoms. The van der Waals surface area contributed by atoms with Crippen LogP contribution in [-0.2, 0) is 0 Å². The lowest BCUT2D eigenvalue weighted by Crippen LogP contribution is -2.49. The molecule has 20 heavy (non-hydrogen) atoms. The van der Waals surface area contributed by atoms with Crippen molar-refractivity contribution in [3.05, 3.63) is 0 Å². The van der Waals surface area contributed by atoms with E-state index >= 15 is 0 Å². The zero-order valence-electron chi connectivity index (χ0n) is 15.2. The van der Waals surface area contributed by atoms with Gasteiger partial charge in [0.15, 0.2) is 0 Å². The minimum Gasteiger partial charge on any atom is -0.311 e. The molecule has 0 bridgehead atoms. The van der Waals surface area contributed by atoms with Crippen molar-refractivity contribution in [1.29, 1.82) is 0 Å². The van der Waals surface area contributed by atoms with Gasteiger partial charge in [0, 0.05) is 24.7 Å². The number of rotatable bonds is 10. The number of nitrogens with one attached hydrogen (secondary N) is 1. The Labute approximate surface area is 132 Å². The molecule has 3 heteroatoms. The second-order valence-corrected chi connectivity index (χ2v) is 8.34. The average Bonchev–Trinajstić information content (AvgIpc) is 2.39. The molecule has 0 aromatic carbocycles. The Morgan fingerprint density at radius 3 is 2.10 bits per heavy atom. The van der Waals surface area contributed by atoms with Gasteiger partial charge >= 0.3 is 0 Å². The van der Waals surface area contributed by atoms with Crippen LogP contribution in [0, 0.1) is 5.41 Å². The Bertz CT molecular complexity index is 244. The standard InChI is InChI=1S/C17H38N2S/c1-9-17(10-2,13-18-16(4,5)6)14-19(7)15(3)11-12-20-8/h15,18H,9-14H2,1-8H3. The van der Waals surface area contributed by atoms with Crippen molar-refractivity contribution in [2.24, 2.45) is 5.41 Å². The Balaban J connectivity index is 4.57. The van der Waals surface area contributed by atoms with Crippen molar-refractivity contribution >= 4 is 11.8 Å². The normalized spacial score (nSPS) is 14.8. The summed E-state index contributed by atoms with van der Waals surface area (Å²) in [5, 5.41) is 3.72. The monoisotopic (exact) mass is 302 g/mol. The van der Waals surface area contributed by atoms with Crippen LogP contribution in [0.15, 0.2) is 0 Å². The van der Waals surface area contributed by atoms with Crippen molar-refractivity contribution < 1.29 is 0 Å². The molecule has 0 heterocycles. The van der Waals surface area contributed by atoms with E-state index < -0.39 is 0 Å². The predicted octanol–water partition coefficient (Wildman–Crippen LogP) is 4.25. The maximum absolute atomic E-state index is 3.72. The van der Waals surface area contributed by atoms with Gasteiger partial charge in [-0.2, -0.15) is 11.8 Å². The molecule has 1 unspecified atom stereocenters. The smallest absolute Gasteiger partial charge is 0.00967 e. The molecule has 0 fully saturated rings. The van der Waals surface area contributed by atoms with Gasteiger partial charge in [0.1, 0.15) is 0 Å². The molecule has 0 radical (unpaired) electrons. The van der Waals surface area contributed by atoms with E-state index in [1.54, 1.807) is 0 Å². The molecule has 0 aliphatic rings. The zero-order valence-corrected chi connectivity index (χ0v) is 16.0. The van der Waals surface area contributed by atoms with E-state index in [9.17, 15) is 0 Å². The highest BCUT2D eigenvalue weighted by Crippen LogP contribution is 2.28. The molecule has 1 atom stereocenters. The van der Waals surface area contributed by atoms with E-state index in [0.29, 0.717) is 11.5 Å². The Hall–Kier alpha value is 0.270. The quantitative estimate of drug-likeness (QED) is 0.649. The average molecular weight is 303 g/mol. The van der Waals surface area contributed by atoms with Gasteiger partial charge in [-0.1, -0.05) is 13.8 Å². The van der Waals surface area contributed by atoms with Gasteiger partial charge in [-0.05, 0) is 71.4 Å². The van der Waals surface area contributed by atoms with E-state index in [1.807, 2.05) is 11.8 Å². The molecule has 0 aliphatic carbocycles. The molecule has 0 aromatic heterocycles. The van der Waals surface area contributed by atoms with Gasteiger partial charge in [-0.15, -0.1) is 0 Å². The van der Waals surface area contributed by atoms with Gasteiger partial charge in [-0.25, -0.2) is 0 Å². The lowest BCUT2D eigenvalue weighted by molar-refractivity contribution is 0.118. The number of hydrogen-bond acceptors (Lipinski definition) is 3. The number of thioether (sulfide) groups is 1. The lowest BCUT2D eigenvalue weighted by atomic mass is 9.80. The van der Waals surface area contributed by atoms with Gasteiger partial charge in [0.05, 0.1) is 0 Å². The van der Waals surface area contributed by atoms with E-state index in [1.165, 1.54) is 31.6 Å². The zero-order chi connectivity index (χ0) is 15.8. The van der Waals surface area contributed by atoms with Crippen molar-refractivity contribution in [3.8, 4) is 0 Å². The maximum atomic E-state index is 3.72. The van der Waals surface area contributed by atoms with Crippen molar-refractivity contribution in [2.75, 3.05) is 32.1 Å². The van der Waals surface area contributed by atoms with Crippen LogP contribution in [-0.4, -0.2) is 48.6 Å². The molecule has 0 aromatic rings. The van der Waals surface area contributed by atoms with E-state index in [0.717, 1.165) is 6.54 Å². The number of nitrogens with zero attached hydrogens (tertiary/aromatic N) is 1. The van der Waals surface area contributed by atoms with Gasteiger partial charge in [0.2, 0.25) is 0 Å². The minimum atomic E-state index is 0.207. The molecule has 0 saturated heterocycles. The SMILES string of the molecule is CCC(CC)(CNC(C)(C)C)CN(C)C(C)CCSC. The van der Waals surface area contributed by atoms with Crippen molar-refractivity contribution in [2.45, 2.75) is 72.4 Å². The summed E-state index contributed by atoms with van der Waals surface area (Å²) in [7, 11) is 2.29. The Kier molecular flexibility index (Phi) is 9.45. The topological polar surface area (TPSA) is 15.3 Å². The molecule has 2 nitrogen and oxygen atoms in total. The highest BCUT2D eigenvalue weighted by molar-refractivity contribution is 7.98. The first-order valence-corrected chi connectivity index (χ1v) is 9.53. The summed E-state index contributed by atoms with van der Waals surface area (Å²) < 4.78 is 0. The summed E-state index contributed by atoms with van der Waals surface area (Å²) in [6, 6.07) is 0.676. The van der Waals surface area contributed by atoms with E-state index in [-0.39, 0.29) is 5.54 Å². The highest BCUT2D eigenvalue weighted by Gasteiger charge is 2.30. The summed E-state index contributed by atoms with van der Waals surface area (Å²) in [5.41, 5.74) is 0.605. The second-order valence-electron chi connectivity index (χ2n) is 7.36. The fraction of sp³-hybridized carbons (Fsp3) is 1.00. The third-order valence-corrected chi connectivity index (χ3v) is 5.21. The minimum absolute atomic E-state index is 0.207. The maximum Gasteiger partial charge on any atom is 0.00967 e. The molecule has 122 valence electrons. The largest absolute Gasteiger partial charge is 0.311 e. The summed E-state index contributed by atoms with van der Waals surface area (Å²) in [4.78, 5) is 2.56. The van der Waals surface area contributed by atoms with Gasteiger partial charge < -0.3 is 10.2 Å². The number of hydrogen-bond donors (Lipinski definition) is 1. The van der Waals surface area contributed by atoms with Crippen LogP contribution in [0.5, 0.6) is 0 Å². The van der Waals surface area contributed by atoms with Crippen LogP contribution in [0.4, 0.5) is 0 Å². The molecule has 1 N–H and O–H groups in total. The molecule has 0 saturated carbocycles. The van der Waals surface area contributed by atoms with E-state index in [2.05, 4.69) is 65.1 Å². The third-order valence-electron chi connectivity index (χ3n) is 4.57. The first kappa shape index (κ1) is 20.3. The van der Waals surface area contributed by atoms with Crippen LogP contribution in [0.1, 0.15) is 60.8 Å². The van der Waals surface area contributed by atoms with Crippen LogP contribution in [0.25, 0.3) is 0 Å². The third kappa shape index (κ3) is 7.90. The van der Waals surface area contributed by atoms with Crippen molar-refractivity contribution in [3.63, 3.8) is 0 Å². The first-order chi connectivity index (χ1) is 9.19. The summed E-state index contributed by atoms with van der Waals surface area (Å²) in [6.07, 6.45) is 5.97. The summed E-state index contributed by atoms with van der Waals surface area (Å²) in [6.45, 7) is 16.1. The molecular weight excluding hydrogens is 264 g/mol. The Morgan fingerprint density at radius 2 is 1.70 bits per heavy atom. The molecular formula is C17H38N2S. The lowest BCUT2D eigenvalue weighted by Gasteiger charge is -2.40. The summed E-state index contributed by atoms with van der Waals surface area (Å²) >= 11 is 1.95. The van der Waals surface area contributed by atoms with Crippen LogP contribution >= 0.6 is 11.8 Å². The van der Waals surface area contributed by atoms with Crippen LogP contribution < -0.4 is 5.32 Å². The molecule has 0 amide bonds. The Morgan fingerprint density at radius 1 is 1.15 bits per heavy atom. The second kappa shape index (κ2) is 9.32. The van der Waals surface area contributed by atoms with E-state index in [4.69, 9.17) is 0 Å². The van der Waals surface area contributed by atoms with Gasteiger partial charge in [0.25, 0.3) is 0 Å². The fourth-order valence-electron chi connectivity index (χ4n) is 2.43. The van der Waals surface area contributed by atoms with Crippen LogP contribution in [0.2, 0.25) is 0 Å².